The lowest BCUT2D eigenvalue weighted by Gasteiger charge is -2.09. The largest absolute Gasteiger partial charge is 0.289 e. The van der Waals surface area contributed by atoms with Crippen LogP contribution in [0.1, 0.15) is 21.5 Å². The number of ketones is 1. The first-order valence-electron chi connectivity index (χ1n) is 6.46. The van der Waals surface area contributed by atoms with Gasteiger partial charge in [0, 0.05) is 11.1 Å². The Morgan fingerprint density at radius 3 is 2.20 bits per heavy atom. The summed E-state index contributed by atoms with van der Waals surface area (Å²) >= 11 is 6.13. The minimum Gasteiger partial charge on any atom is -0.289 e. The first-order chi connectivity index (χ1) is 9.68. The predicted molar refractivity (Wildman–Crippen MR) is 83.6 cm³/mol. The van der Waals surface area contributed by atoms with Crippen LogP contribution in [0.3, 0.4) is 0 Å². The van der Waals surface area contributed by atoms with E-state index in [4.69, 9.17) is 11.6 Å². The van der Waals surface area contributed by atoms with Crippen molar-refractivity contribution in [2.45, 2.75) is 6.92 Å². The van der Waals surface area contributed by atoms with Crippen LogP contribution in [0.2, 0.25) is 5.02 Å². The molecule has 3 aromatic rings. The number of carbonyl (C=O) groups is 1. The summed E-state index contributed by atoms with van der Waals surface area (Å²) in [5.41, 5.74) is 2.40. The molecule has 20 heavy (non-hydrogen) atoms. The number of hydrogen-bond acceptors (Lipinski definition) is 1. The lowest BCUT2D eigenvalue weighted by Crippen LogP contribution is -2.03. The normalized spacial score (nSPS) is 10.7. The van der Waals surface area contributed by atoms with Gasteiger partial charge in [0.25, 0.3) is 0 Å². The van der Waals surface area contributed by atoms with E-state index in [1.54, 1.807) is 12.1 Å². The Bertz CT molecular complexity index is 805. The van der Waals surface area contributed by atoms with Crippen molar-refractivity contribution < 1.29 is 4.79 Å². The van der Waals surface area contributed by atoms with E-state index in [2.05, 4.69) is 0 Å². The highest BCUT2D eigenvalue weighted by Crippen LogP contribution is 2.26. The highest BCUT2D eigenvalue weighted by molar-refractivity contribution is 6.35. The first-order valence-corrected chi connectivity index (χ1v) is 6.84. The molecule has 0 aliphatic heterocycles. The van der Waals surface area contributed by atoms with Gasteiger partial charge >= 0.3 is 0 Å². The zero-order valence-electron chi connectivity index (χ0n) is 11.1. The Hall–Kier alpha value is -2.12. The minimum atomic E-state index is -0.0354. The standard InChI is InChI=1S/C18H13ClO/c1-12-10-11-15(14-7-3-2-6-13(12)14)18(20)16-8-4-5-9-17(16)19/h2-11H,1H3. The van der Waals surface area contributed by atoms with E-state index in [9.17, 15) is 4.79 Å². The topological polar surface area (TPSA) is 17.1 Å². The summed E-state index contributed by atoms with van der Waals surface area (Å²) in [5.74, 6) is -0.0354. The molecule has 0 saturated heterocycles. The number of aryl methyl sites for hydroxylation is 1. The molecule has 0 amide bonds. The molecule has 0 aliphatic carbocycles. The third-order valence-electron chi connectivity index (χ3n) is 3.51. The van der Waals surface area contributed by atoms with Crippen molar-refractivity contribution >= 4 is 28.2 Å². The second-order valence-electron chi connectivity index (χ2n) is 4.78. The Morgan fingerprint density at radius 1 is 0.800 bits per heavy atom. The quantitative estimate of drug-likeness (QED) is 0.602. The van der Waals surface area contributed by atoms with Gasteiger partial charge in [-0.1, -0.05) is 60.1 Å². The van der Waals surface area contributed by atoms with E-state index in [0.29, 0.717) is 16.1 Å². The Morgan fingerprint density at radius 2 is 1.45 bits per heavy atom. The first kappa shape index (κ1) is 12.9. The lowest BCUT2D eigenvalue weighted by molar-refractivity contribution is 0.104. The van der Waals surface area contributed by atoms with Gasteiger partial charge in [-0.25, -0.2) is 0 Å². The second-order valence-corrected chi connectivity index (χ2v) is 5.19. The highest BCUT2D eigenvalue weighted by Gasteiger charge is 2.15. The van der Waals surface area contributed by atoms with Crippen LogP contribution in [0, 0.1) is 6.92 Å². The number of fused-ring (bicyclic) bond motifs is 1. The molecular formula is C18H13ClO. The molecule has 0 unspecified atom stereocenters. The lowest BCUT2D eigenvalue weighted by atomic mass is 9.95. The molecule has 1 nitrogen and oxygen atoms in total. The SMILES string of the molecule is Cc1ccc(C(=O)c2ccccc2Cl)c2ccccc12. The fraction of sp³-hybridized carbons (Fsp3) is 0.0556. The number of hydrogen-bond donors (Lipinski definition) is 0. The summed E-state index contributed by atoms with van der Waals surface area (Å²) in [4.78, 5) is 12.7. The van der Waals surface area contributed by atoms with E-state index in [-0.39, 0.29) is 5.78 Å². The second kappa shape index (κ2) is 5.10. The van der Waals surface area contributed by atoms with Crippen LogP contribution in [-0.4, -0.2) is 5.78 Å². The molecule has 0 radical (unpaired) electrons. The number of rotatable bonds is 2. The van der Waals surface area contributed by atoms with E-state index in [1.807, 2.05) is 55.5 Å². The maximum atomic E-state index is 12.7. The van der Waals surface area contributed by atoms with Gasteiger partial charge in [0.05, 0.1) is 5.02 Å². The highest BCUT2D eigenvalue weighted by atomic mass is 35.5. The Labute approximate surface area is 122 Å². The average molecular weight is 281 g/mol. The molecular weight excluding hydrogens is 268 g/mol. The van der Waals surface area contributed by atoms with Crippen LogP contribution in [0.25, 0.3) is 10.8 Å². The number of benzene rings is 3. The van der Waals surface area contributed by atoms with Gasteiger partial charge < -0.3 is 0 Å². The summed E-state index contributed by atoms with van der Waals surface area (Å²) in [5, 5.41) is 2.56. The fourth-order valence-electron chi connectivity index (χ4n) is 2.44. The Balaban J connectivity index is 2.23. The number of halogens is 1. The average Bonchev–Trinajstić information content (AvgIpc) is 2.48. The van der Waals surface area contributed by atoms with Gasteiger partial charge in [-0.05, 0) is 35.4 Å². The third-order valence-corrected chi connectivity index (χ3v) is 3.83. The molecule has 0 bridgehead atoms. The van der Waals surface area contributed by atoms with E-state index in [0.717, 1.165) is 16.3 Å². The molecule has 3 aromatic carbocycles. The molecule has 0 atom stereocenters. The molecule has 0 fully saturated rings. The molecule has 0 saturated carbocycles. The van der Waals surface area contributed by atoms with Gasteiger partial charge in [-0.15, -0.1) is 0 Å². The zero-order chi connectivity index (χ0) is 14.1. The molecule has 0 spiro atoms. The van der Waals surface area contributed by atoms with E-state index in [1.165, 1.54) is 0 Å². The van der Waals surface area contributed by atoms with Crippen molar-refractivity contribution in [2.24, 2.45) is 0 Å². The van der Waals surface area contributed by atoms with Crippen molar-refractivity contribution in [3.8, 4) is 0 Å². The van der Waals surface area contributed by atoms with Crippen LogP contribution in [0.15, 0.2) is 60.7 Å². The smallest absolute Gasteiger partial charge is 0.195 e. The van der Waals surface area contributed by atoms with Gasteiger partial charge in [0.15, 0.2) is 5.78 Å². The Kier molecular flexibility index (Phi) is 3.29. The van der Waals surface area contributed by atoms with Gasteiger partial charge in [0.2, 0.25) is 0 Å². The van der Waals surface area contributed by atoms with Crippen LogP contribution >= 0.6 is 11.6 Å². The molecule has 3 rings (SSSR count). The third kappa shape index (κ3) is 2.10. The fourth-order valence-corrected chi connectivity index (χ4v) is 2.66. The number of carbonyl (C=O) groups excluding carboxylic acids is 1. The van der Waals surface area contributed by atoms with Gasteiger partial charge in [-0.3, -0.25) is 4.79 Å². The summed E-state index contributed by atoms with van der Waals surface area (Å²) in [6.07, 6.45) is 0. The van der Waals surface area contributed by atoms with Crippen molar-refractivity contribution in [2.75, 3.05) is 0 Å². The molecule has 0 aliphatic rings. The van der Waals surface area contributed by atoms with Gasteiger partial charge in [0.1, 0.15) is 0 Å². The maximum Gasteiger partial charge on any atom is 0.195 e. The predicted octanol–water partition coefficient (Wildman–Crippen LogP) is 5.03. The van der Waals surface area contributed by atoms with Crippen LogP contribution < -0.4 is 0 Å². The molecule has 0 N–H and O–H groups in total. The minimum absolute atomic E-state index is 0.0354. The summed E-state index contributed by atoms with van der Waals surface area (Å²) < 4.78 is 0. The molecule has 98 valence electrons. The summed E-state index contributed by atoms with van der Waals surface area (Å²) in [6.45, 7) is 2.05. The maximum absolute atomic E-state index is 12.7. The van der Waals surface area contributed by atoms with Crippen LogP contribution in [0.4, 0.5) is 0 Å². The molecule has 0 heterocycles. The zero-order valence-corrected chi connectivity index (χ0v) is 11.8. The summed E-state index contributed by atoms with van der Waals surface area (Å²) in [7, 11) is 0. The van der Waals surface area contributed by atoms with Gasteiger partial charge in [-0.2, -0.15) is 0 Å². The van der Waals surface area contributed by atoms with Crippen molar-refractivity contribution in [1.82, 2.24) is 0 Å². The molecule has 0 aromatic heterocycles. The van der Waals surface area contributed by atoms with Crippen molar-refractivity contribution in [3.63, 3.8) is 0 Å². The van der Waals surface area contributed by atoms with Crippen molar-refractivity contribution in [3.05, 3.63) is 82.4 Å². The van der Waals surface area contributed by atoms with E-state index < -0.39 is 0 Å². The van der Waals surface area contributed by atoms with E-state index >= 15 is 0 Å². The molecule has 2 heteroatoms. The van der Waals surface area contributed by atoms with Crippen LogP contribution in [0.5, 0.6) is 0 Å². The van der Waals surface area contributed by atoms with Crippen LogP contribution in [-0.2, 0) is 0 Å². The van der Waals surface area contributed by atoms with Crippen molar-refractivity contribution in [1.29, 1.82) is 0 Å². The summed E-state index contributed by atoms with van der Waals surface area (Å²) in [6, 6.07) is 19.0. The monoisotopic (exact) mass is 280 g/mol.